The molecule has 0 atom stereocenters. The summed E-state index contributed by atoms with van der Waals surface area (Å²) < 4.78 is 0. The molecule has 0 aliphatic carbocycles. The van der Waals surface area contributed by atoms with Crippen LogP contribution in [0.3, 0.4) is 0 Å². The van der Waals surface area contributed by atoms with Gasteiger partial charge in [-0.3, -0.25) is 15.3 Å². The summed E-state index contributed by atoms with van der Waals surface area (Å²) in [4.78, 5) is 17.5. The highest BCUT2D eigenvalue weighted by atomic mass is 16.2. The van der Waals surface area contributed by atoms with Crippen molar-refractivity contribution in [2.24, 2.45) is 5.73 Å². The molecule has 2 rings (SSSR count). The summed E-state index contributed by atoms with van der Waals surface area (Å²) in [7, 11) is 0. The minimum Gasteiger partial charge on any atom is -0.370 e. The van der Waals surface area contributed by atoms with Gasteiger partial charge in [0.15, 0.2) is 5.96 Å². The van der Waals surface area contributed by atoms with Crippen LogP contribution in [-0.4, -0.2) is 28.4 Å². The Morgan fingerprint density at radius 2 is 1.91 bits per heavy atom. The Kier molecular flexibility index (Phi) is 6.11. The van der Waals surface area contributed by atoms with Crippen LogP contribution in [0, 0.1) is 5.41 Å². The highest BCUT2D eigenvalue weighted by molar-refractivity contribution is 5.93. The van der Waals surface area contributed by atoms with Crippen molar-refractivity contribution in [2.45, 2.75) is 19.4 Å². The van der Waals surface area contributed by atoms with Crippen LogP contribution in [0.1, 0.15) is 17.5 Å². The van der Waals surface area contributed by atoms with Crippen LogP contribution in [-0.2, 0) is 13.0 Å². The van der Waals surface area contributed by atoms with Gasteiger partial charge in [-0.1, -0.05) is 36.4 Å². The van der Waals surface area contributed by atoms with Crippen LogP contribution in [0.15, 0.2) is 54.9 Å². The van der Waals surface area contributed by atoms with Gasteiger partial charge in [-0.15, -0.1) is 0 Å². The number of benzene rings is 1. The van der Waals surface area contributed by atoms with Gasteiger partial charge < -0.3 is 11.1 Å². The fraction of sp³-hybridized carbons (Fsp3) is 0.235. The Hall–Kier alpha value is -2.89. The fourth-order valence-corrected chi connectivity index (χ4v) is 2.19. The number of carbonyl (C=O) groups is 1. The average molecular weight is 311 g/mol. The number of nitrogens with two attached hydrogens (primary N) is 1. The molecule has 2 aromatic rings. The molecule has 23 heavy (non-hydrogen) atoms. The van der Waals surface area contributed by atoms with Crippen molar-refractivity contribution >= 4 is 12.0 Å². The number of hydrogen-bond donors (Lipinski definition) is 3. The quantitative estimate of drug-likeness (QED) is 0.563. The van der Waals surface area contributed by atoms with E-state index in [4.69, 9.17) is 11.1 Å². The van der Waals surface area contributed by atoms with E-state index < -0.39 is 0 Å². The van der Waals surface area contributed by atoms with Gasteiger partial charge in [0.05, 0.1) is 0 Å². The van der Waals surface area contributed by atoms with Crippen LogP contribution in [0.2, 0.25) is 0 Å². The Labute approximate surface area is 135 Å². The smallest absolute Gasteiger partial charge is 0.324 e. The third-order valence-electron chi connectivity index (χ3n) is 3.39. The summed E-state index contributed by atoms with van der Waals surface area (Å²) in [5, 5.41) is 10.4. The minimum absolute atomic E-state index is 0.248. The lowest BCUT2D eigenvalue weighted by Crippen LogP contribution is -2.47. The first kappa shape index (κ1) is 16.5. The van der Waals surface area contributed by atoms with Gasteiger partial charge in [-0.2, -0.15) is 0 Å². The lowest BCUT2D eigenvalue weighted by atomic mass is 10.1. The molecular formula is C17H21N5O. The Balaban J connectivity index is 1.82. The number of nitrogens with one attached hydrogen (secondary N) is 2. The van der Waals surface area contributed by atoms with E-state index in [2.05, 4.69) is 10.3 Å². The van der Waals surface area contributed by atoms with E-state index in [-0.39, 0.29) is 12.0 Å². The number of nitrogens with zero attached hydrogens (tertiary/aromatic N) is 2. The van der Waals surface area contributed by atoms with Crippen molar-refractivity contribution < 1.29 is 4.79 Å². The molecule has 0 saturated carbocycles. The summed E-state index contributed by atoms with van der Waals surface area (Å²) >= 11 is 0. The summed E-state index contributed by atoms with van der Waals surface area (Å²) in [6, 6.07) is 13.1. The molecule has 6 heteroatoms. The molecule has 0 saturated heterocycles. The normalized spacial score (nSPS) is 10.1. The van der Waals surface area contributed by atoms with Crippen molar-refractivity contribution in [1.82, 2.24) is 15.2 Å². The molecule has 6 nitrogen and oxygen atoms in total. The van der Waals surface area contributed by atoms with E-state index in [1.807, 2.05) is 42.5 Å². The number of pyridine rings is 1. The molecule has 1 aromatic heterocycles. The SMILES string of the molecule is N=C(N)N(CCCc1cccnc1)C(=O)NCc1ccccc1. The van der Waals surface area contributed by atoms with Gasteiger partial charge in [0.1, 0.15) is 0 Å². The first-order valence-electron chi connectivity index (χ1n) is 7.49. The first-order chi connectivity index (χ1) is 11.2. The maximum absolute atomic E-state index is 12.2. The standard InChI is InChI=1S/C17H21N5O/c18-16(19)22(11-5-9-14-8-4-10-20-12-14)17(23)21-13-15-6-2-1-3-7-15/h1-4,6-8,10,12H,5,9,11,13H2,(H3,18,19)(H,21,23). The molecule has 0 unspecified atom stereocenters. The second kappa shape index (κ2) is 8.53. The first-order valence-corrected chi connectivity index (χ1v) is 7.49. The topological polar surface area (TPSA) is 95.1 Å². The largest absolute Gasteiger partial charge is 0.370 e. The van der Waals surface area contributed by atoms with Crippen molar-refractivity contribution in [3.8, 4) is 0 Å². The van der Waals surface area contributed by atoms with E-state index in [0.717, 1.165) is 17.5 Å². The van der Waals surface area contributed by atoms with E-state index in [1.54, 1.807) is 12.4 Å². The lowest BCUT2D eigenvalue weighted by molar-refractivity contribution is 0.219. The van der Waals surface area contributed by atoms with Crippen LogP contribution < -0.4 is 11.1 Å². The molecule has 2 amide bonds. The van der Waals surface area contributed by atoms with Crippen molar-refractivity contribution in [3.05, 3.63) is 66.0 Å². The van der Waals surface area contributed by atoms with Crippen LogP contribution in [0.5, 0.6) is 0 Å². The van der Waals surface area contributed by atoms with Crippen LogP contribution >= 0.6 is 0 Å². The summed E-state index contributed by atoms with van der Waals surface area (Å²) in [6.07, 6.45) is 5.02. The number of aromatic nitrogens is 1. The highest BCUT2D eigenvalue weighted by Crippen LogP contribution is 2.03. The highest BCUT2D eigenvalue weighted by Gasteiger charge is 2.15. The molecule has 1 heterocycles. The van der Waals surface area contributed by atoms with Crippen molar-refractivity contribution in [3.63, 3.8) is 0 Å². The zero-order valence-electron chi connectivity index (χ0n) is 12.9. The zero-order valence-corrected chi connectivity index (χ0v) is 12.9. The van der Waals surface area contributed by atoms with Gasteiger partial charge >= 0.3 is 6.03 Å². The third kappa shape index (κ3) is 5.43. The number of amides is 2. The van der Waals surface area contributed by atoms with Gasteiger partial charge in [0, 0.05) is 25.5 Å². The molecule has 0 fully saturated rings. The Morgan fingerprint density at radius 3 is 2.57 bits per heavy atom. The molecular weight excluding hydrogens is 290 g/mol. The fourth-order valence-electron chi connectivity index (χ4n) is 2.19. The zero-order chi connectivity index (χ0) is 16.5. The van der Waals surface area contributed by atoms with E-state index in [0.29, 0.717) is 19.5 Å². The van der Waals surface area contributed by atoms with Crippen LogP contribution in [0.4, 0.5) is 4.79 Å². The maximum Gasteiger partial charge on any atom is 0.324 e. The lowest BCUT2D eigenvalue weighted by Gasteiger charge is -2.21. The van der Waals surface area contributed by atoms with Gasteiger partial charge in [-0.05, 0) is 30.0 Å². The number of hydrogen-bond acceptors (Lipinski definition) is 3. The molecule has 0 spiro atoms. The third-order valence-corrected chi connectivity index (χ3v) is 3.39. The predicted octanol–water partition coefficient (Wildman–Crippen LogP) is 2.12. The van der Waals surface area contributed by atoms with Gasteiger partial charge in [0.2, 0.25) is 0 Å². The molecule has 0 radical (unpaired) electrons. The number of urea groups is 1. The van der Waals surface area contributed by atoms with E-state index in [9.17, 15) is 4.79 Å². The van der Waals surface area contributed by atoms with Crippen molar-refractivity contribution in [2.75, 3.05) is 6.54 Å². The number of carbonyl (C=O) groups excluding carboxylic acids is 1. The number of guanidine groups is 1. The maximum atomic E-state index is 12.2. The predicted molar refractivity (Wildman–Crippen MR) is 89.9 cm³/mol. The van der Waals surface area contributed by atoms with E-state index in [1.165, 1.54) is 4.90 Å². The summed E-state index contributed by atoms with van der Waals surface area (Å²) in [5.74, 6) is -0.248. The van der Waals surface area contributed by atoms with Crippen LogP contribution in [0.25, 0.3) is 0 Å². The second-order valence-electron chi connectivity index (χ2n) is 5.15. The molecule has 0 aliphatic heterocycles. The molecule has 120 valence electrons. The number of rotatable bonds is 6. The second-order valence-corrected chi connectivity index (χ2v) is 5.15. The number of aryl methyl sites for hydroxylation is 1. The van der Waals surface area contributed by atoms with Gasteiger partial charge in [-0.25, -0.2) is 4.79 Å². The molecule has 0 bridgehead atoms. The molecule has 1 aromatic carbocycles. The van der Waals surface area contributed by atoms with E-state index >= 15 is 0 Å². The van der Waals surface area contributed by atoms with Crippen molar-refractivity contribution in [1.29, 1.82) is 5.41 Å². The minimum atomic E-state index is -0.354. The average Bonchev–Trinajstić information content (AvgIpc) is 2.58. The molecule has 0 aliphatic rings. The summed E-state index contributed by atoms with van der Waals surface area (Å²) in [5.41, 5.74) is 7.62. The Morgan fingerprint density at radius 1 is 1.17 bits per heavy atom. The summed E-state index contributed by atoms with van der Waals surface area (Å²) in [6.45, 7) is 0.802. The van der Waals surface area contributed by atoms with Gasteiger partial charge in [0.25, 0.3) is 0 Å². The Bertz CT molecular complexity index is 630. The molecule has 4 N–H and O–H groups in total. The monoisotopic (exact) mass is 311 g/mol.